The minimum Gasteiger partial charge on any atom is -0.508 e. The highest BCUT2D eigenvalue weighted by atomic mass is 31.1. The number of phenols is 1. The van der Waals surface area contributed by atoms with Crippen LogP contribution in [0.2, 0.25) is 0 Å². The standard InChI is InChI=1S/C18H24O2.2HO3P/c1-18-9-8-14-13-5-3-12(19)10-11(13)2-4-15(14)16(18)6-7-17(18)20;2*1-4(2)3/h3,5,10,14-17,19-20H,2,4,6-9H2,1H3;2*(H-,1,2,3)/p+2/t14-,15-,16+,17?,18+;;/m1../s1. The predicted octanol–water partition coefficient (Wildman–Crippen LogP) is 2.87. The van der Waals surface area contributed by atoms with E-state index >= 15 is 0 Å². The van der Waals surface area contributed by atoms with Crippen molar-refractivity contribution in [3.8, 4) is 5.75 Å². The summed E-state index contributed by atoms with van der Waals surface area (Å²) in [5, 5.41) is 20.0. The number of fused-ring (bicyclic) bond motifs is 5. The van der Waals surface area contributed by atoms with E-state index in [1.807, 2.05) is 12.1 Å². The molecule has 4 rings (SSSR count). The first kappa shape index (κ1) is 23.3. The Bertz CT molecular complexity index is 708. The fourth-order valence-electron chi connectivity index (χ4n) is 5.54. The van der Waals surface area contributed by atoms with Crippen LogP contribution in [0.15, 0.2) is 18.2 Å². The van der Waals surface area contributed by atoms with Crippen LogP contribution in [0.1, 0.15) is 56.1 Å². The van der Waals surface area contributed by atoms with Crippen LogP contribution in [-0.4, -0.2) is 35.9 Å². The number of phenolic OH excluding ortho intramolecular Hbond substituents is 1. The van der Waals surface area contributed by atoms with Gasteiger partial charge in [0.05, 0.1) is 6.10 Å². The molecule has 0 radical (unpaired) electrons. The van der Waals surface area contributed by atoms with Crippen molar-refractivity contribution in [2.45, 2.75) is 57.5 Å². The molecule has 0 aromatic heterocycles. The van der Waals surface area contributed by atoms with Crippen molar-refractivity contribution >= 4 is 16.5 Å². The second-order valence-corrected chi connectivity index (χ2v) is 8.95. The molecule has 156 valence electrons. The van der Waals surface area contributed by atoms with Gasteiger partial charge in [0.25, 0.3) is 0 Å². The van der Waals surface area contributed by atoms with E-state index in [1.165, 1.54) is 30.4 Å². The van der Waals surface area contributed by atoms with E-state index in [4.69, 9.17) is 28.7 Å². The summed E-state index contributed by atoms with van der Waals surface area (Å²) in [6.07, 6.45) is 6.78. The van der Waals surface area contributed by atoms with Gasteiger partial charge in [0.1, 0.15) is 5.75 Å². The van der Waals surface area contributed by atoms with Gasteiger partial charge < -0.3 is 10.2 Å². The highest BCUT2D eigenvalue weighted by molar-refractivity contribution is 7.31. The monoisotopic (exact) mass is 434 g/mol. The van der Waals surface area contributed by atoms with Crippen LogP contribution in [0, 0.1) is 17.3 Å². The molecular formula is C18H28O8P2+2. The van der Waals surface area contributed by atoms with Crippen molar-refractivity contribution in [2.75, 3.05) is 0 Å². The fraction of sp³-hybridized carbons (Fsp3) is 0.667. The minimum atomic E-state index is -2.87. The van der Waals surface area contributed by atoms with Crippen molar-refractivity contribution in [3.63, 3.8) is 0 Å². The van der Waals surface area contributed by atoms with Gasteiger partial charge in [-0.05, 0) is 85.0 Å². The van der Waals surface area contributed by atoms with E-state index in [0.29, 0.717) is 17.6 Å². The van der Waals surface area contributed by atoms with Crippen LogP contribution in [0.4, 0.5) is 0 Å². The van der Waals surface area contributed by atoms with Crippen LogP contribution in [-0.2, 0) is 15.6 Å². The van der Waals surface area contributed by atoms with Gasteiger partial charge in [-0.3, -0.25) is 0 Å². The van der Waals surface area contributed by atoms with Gasteiger partial charge in [-0.1, -0.05) is 13.0 Å². The number of aromatic hydroxyl groups is 1. The number of aryl methyl sites for hydroxylation is 1. The lowest BCUT2D eigenvalue weighted by molar-refractivity contribution is -0.0226. The molecule has 2 fully saturated rings. The molecule has 0 saturated heterocycles. The van der Waals surface area contributed by atoms with Crippen LogP contribution < -0.4 is 0 Å². The largest absolute Gasteiger partial charge is 0.692 e. The Morgan fingerprint density at radius 2 is 1.61 bits per heavy atom. The maximum absolute atomic E-state index is 10.4. The Morgan fingerprint density at radius 1 is 1.00 bits per heavy atom. The first-order chi connectivity index (χ1) is 13.1. The van der Waals surface area contributed by atoms with E-state index in [9.17, 15) is 10.2 Å². The Kier molecular flexibility index (Phi) is 8.06. The summed E-state index contributed by atoms with van der Waals surface area (Å²) >= 11 is 0. The third-order valence-electron chi connectivity index (χ3n) is 6.66. The Balaban J connectivity index is 0.000000302. The SMILES string of the molecule is C[C@]12CC[C@@H]3c4ccc(O)cc4CC[C@H]3[C@@H]1CCC2O.O=[P+](O)O.O=[P+](O)O. The second-order valence-electron chi connectivity index (χ2n) is 7.94. The number of aliphatic hydroxyl groups excluding tert-OH is 1. The highest BCUT2D eigenvalue weighted by Crippen LogP contribution is 2.60. The lowest BCUT2D eigenvalue weighted by Gasteiger charge is -2.50. The van der Waals surface area contributed by atoms with Gasteiger partial charge in [0, 0.05) is 9.13 Å². The summed E-state index contributed by atoms with van der Waals surface area (Å²) in [7, 11) is -5.74. The zero-order chi connectivity index (χ0) is 21.1. The summed E-state index contributed by atoms with van der Waals surface area (Å²) < 4.78 is 17.4. The maximum atomic E-state index is 10.4. The number of hydrogen-bond donors (Lipinski definition) is 6. The molecule has 10 heteroatoms. The normalized spacial score (nSPS) is 32.4. The first-order valence-corrected chi connectivity index (χ1v) is 11.6. The second kappa shape index (κ2) is 9.68. The zero-order valence-corrected chi connectivity index (χ0v) is 17.5. The molecule has 0 spiro atoms. The summed E-state index contributed by atoms with van der Waals surface area (Å²) in [6.45, 7) is 2.32. The van der Waals surface area contributed by atoms with Gasteiger partial charge in [-0.2, -0.15) is 0 Å². The van der Waals surface area contributed by atoms with Crippen LogP contribution in [0.3, 0.4) is 0 Å². The van der Waals surface area contributed by atoms with Crippen molar-refractivity contribution in [1.82, 2.24) is 0 Å². The average Bonchev–Trinajstić information content (AvgIpc) is 2.89. The van der Waals surface area contributed by atoms with Crippen molar-refractivity contribution in [3.05, 3.63) is 29.3 Å². The summed E-state index contributed by atoms with van der Waals surface area (Å²) in [6, 6.07) is 5.96. The third kappa shape index (κ3) is 5.33. The molecule has 8 nitrogen and oxygen atoms in total. The minimum absolute atomic E-state index is 0.0883. The van der Waals surface area contributed by atoms with Crippen molar-refractivity contribution in [1.29, 1.82) is 0 Å². The molecule has 0 bridgehead atoms. The van der Waals surface area contributed by atoms with Crippen molar-refractivity contribution in [2.24, 2.45) is 17.3 Å². The molecule has 1 unspecified atom stereocenters. The molecule has 1 aromatic carbocycles. The van der Waals surface area contributed by atoms with Gasteiger partial charge >= 0.3 is 16.5 Å². The molecule has 5 atom stereocenters. The van der Waals surface area contributed by atoms with Gasteiger partial charge in [-0.15, -0.1) is 19.6 Å². The number of rotatable bonds is 0. The number of aliphatic hydroxyl groups is 1. The molecular weight excluding hydrogens is 406 g/mol. The average molecular weight is 434 g/mol. The van der Waals surface area contributed by atoms with E-state index in [1.54, 1.807) is 0 Å². The van der Waals surface area contributed by atoms with E-state index < -0.39 is 16.5 Å². The predicted molar refractivity (Wildman–Crippen MR) is 103 cm³/mol. The highest BCUT2D eigenvalue weighted by Gasteiger charge is 2.54. The molecule has 3 aliphatic rings. The number of benzene rings is 1. The van der Waals surface area contributed by atoms with E-state index in [2.05, 4.69) is 13.0 Å². The van der Waals surface area contributed by atoms with Crippen LogP contribution in [0.25, 0.3) is 0 Å². The summed E-state index contributed by atoms with van der Waals surface area (Å²) in [5.74, 6) is 2.49. The maximum Gasteiger partial charge on any atom is 0.692 e. The van der Waals surface area contributed by atoms with Crippen LogP contribution >= 0.6 is 16.5 Å². The molecule has 6 N–H and O–H groups in total. The lowest BCUT2D eigenvalue weighted by Crippen LogP contribution is -2.43. The molecule has 0 heterocycles. The number of hydrogen-bond acceptors (Lipinski definition) is 4. The Hall–Kier alpha value is -0.980. The zero-order valence-electron chi connectivity index (χ0n) is 15.7. The topological polar surface area (TPSA) is 156 Å². The molecule has 2 saturated carbocycles. The molecule has 28 heavy (non-hydrogen) atoms. The first-order valence-electron chi connectivity index (χ1n) is 9.26. The summed E-state index contributed by atoms with van der Waals surface area (Å²) in [4.78, 5) is 28.5. The van der Waals surface area contributed by atoms with Gasteiger partial charge in [0.15, 0.2) is 0 Å². The molecule has 1 aromatic rings. The quantitative estimate of drug-likeness (QED) is 0.341. The smallest absolute Gasteiger partial charge is 0.508 e. The molecule has 0 aliphatic heterocycles. The fourth-order valence-corrected chi connectivity index (χ4v) is 5.54. The van der Waals surface area contributed by atoms with Crippen molar-refractivity contribution < 1.29 is 38.9 Å². The Labute approximate surface area is 165 Å². The molecule has 3 aliphatic carbocycles. The van der Waals surface area contributed by atoms with E-state index in [-0.39, 0.29) is 11.5 Å². The third-order valence-corrected chi connectivity index (χ3v) is 6.66. The van der Waals surface area contributed by atoms with Gasteiger partial charge in [0.2, 0.25) is 0 Å². The van der Waals surface area contributed by atoms with Crippen LogP contribution in [0.5, 0.6) is 5.75 Å². The lowest BCUT2D eigenvalue weighted by atomic mass is 9.55. The summed E-state index contributed by atoms with van der Waals surface area (Å²) in [5.41, 5.74) is 2.99. The molecule has 0 amide bonds. The van der Waals surface area contributed by atoms with E-state index in [0.717, 1.165) is 25.2 Å². The van der Waals surface area contributed by atoms with Gasteiger partial charge in [-0.25, -0.2) is 0 Å². The Morgan fingerprint density at radius 3 is 2.21 bits per heavy atom.